The van der Waals surface area contributed by atoms with Gasteiger partial charge in [0, 0.05) is 11.1 Å². The number of alkyl halides is 4. The number of fused-ring (bicyclic) bond motifs is 2. The van der Waals surface area contributed by atoms with E-state index in [1.54, 1.807) is 48.5 Å². The van der Waals surface area contributed by atoms with Crippen LogP contribution >= 0.6 is 0 Å². The summed E-state index contributed by atoms with van der Waals surface area (Å²) in [5, 5.41) is 3.16. The molecule has 0 aliphatic rings. The normalized spacial score (nSPS) is 11.7. The van der Waals surface area contributed by atoms with E-state index >= 15 is 0 Å². The molecule has 124 valence electrons. The molecule has 0 radical (unpaired) electrons. The van der Waals surface area contributed by atoms with Crippen LogP contribution in [0.25, 0.3) is 32.7 Å². The molecular formula is C20H16F4. The highest BCUT2D eigenvalue weighted by molar-refractivity contribution is 6.02. The van der Waals surface area contributed by atoms with Crippen molar-refractivity contribution in [2.24, 2.45) is 0 Å². The van der Waals surface area contributed by atoms with Gasteiger partial charge in [-0.3, -0.25) is 0 Å². The van der Waals surface area contributed by atoms with Crippen molar-refractivity contribution in [1.82, 2.24) is 0 Å². The summed E-state index contributed by atoms with van der Waals surface area (Å²) in [6, 6.07) is 13.8. The average Bonchev–Trinajstić information content (AvgIpc) is 2.58. The average molecular weight is 332 g/mol. The zero-order valence-electron chi connectivity index (χ0n) is 13.3. The van der Waals surface area contributed by atoms with E-state index in [1.807, 2.05) is 0 Å². The maximum absolute atomic E-state index is 13.4. The second-order valence-electron chi connectivity index (χ2n) is 5.81. The molecule has 0 fully saturated rings. The number of hydrogen-bond donors (Lipinski definition) is 0. The Labute approximate surface area is 136 Å². The van der Waals surface area contributed by atoms with E-state index in [9.17, 15) is 17.6 Å². The molecule has 0 spiro atoms. The predicted octanol–water partition coefficient (Wildman–Crippen LogP) is 4.86. The molecule has 0 N–H and O–H groups in total. The van der Waals surface area contributed by atoms with Crippen molar-refractivity contribution < 1.29 is 17.6 Å². The lowest BCUT2D eigenvalue weighted by Crippen LogP contribution is -2.21. The molecular weight excluding hydrogens is 316 g/mol. The molecule has 0 bridgehead atoms. The van der Waals surface area contributed by atoms with Crippen molar-refractivity contribution in [2.45, 2.75) is 26.7 Å². The van der Waals surface area contributed by atoms with Crippen molar-refractivity contribution in [2.75, 3.05) is 0 Å². The SMILES string of the molecule is CC(=c1c2ccccc2c(=C(C)C(F)F)c2ccccc12)C(F)F. The highest BCUT2D eigenvalue weighted by Gasteiger charge is 2.15. The molecule has 24 heavy (non-hydrogen) atoms. The Morgan fingerprint density at radius 2 is 0.833 bits per heavy atom. The smallest absolute Gasteiger partial charge is 0.205 e. The monoisotopic (exact) mass is 332 g/mol. The summed E-state index contributed by atoms with van der Waals surface area (Å²) in [6.45, 7) is 2.78. The van der Waals surface area contributed by atoms with Crippen LogP contribution < -0.4 is 10.4 Å². The van der Waals surface area contributed by atoms with Gasteiger partial charge >= 0.3 is 0 Å². The van der Waals surface area contributed by atoms with Crippen molar-refractivity contribution >= 4 is 32.7 Å². The Kier molecular flexibility index (Phi) is 4.31. The summed E-state index contributed by atoms with van der Waals surface area (Å²) >= 11 is 0. The van der Waals surface area contributed by atoms with E-state index < -0.39 is 12.9 Å². The summed E-state index contributed by atoms with van der Waals surface area (Å²) < 4.78 is 53.6. The third kappa shape index (κ3) is 2.56. The molecule has 0 amide bonds. The summed E-state index contributed by atoms with van der Waals surface area (Å²) in [4.78, 5) is 0. The van der Waals surface area contributed by atoms with E-state index in [1.165, 1.54) is 13.8 Å². The molecule has 0 heterocycles. The van der Waals surface area contributed by atoms with Crippen molar-refractivity contribution in [3.63, 3.8) is 0 Å². The first-order valence-corrected chi connectivity index (χ1v) is 7.60. The van der Waals surface area contributed by atoms with Gasteiger partial charge in [0.1, 0.15) is 0 Å². The molecule has 0 aliphatic carbocycles. The van der Waals surface area contributed by atoms with Gasteiger partial charge in [-0.05, 0) is 45.8 Å². The van der Waals surface area contributed by atoms with Crippen molar-refractivity contribution in [3.05, 3.63) is 59.0 Å². The van der Waals surface area contributed by atoms with Gasteiger partial charge in [0.25, 0.3) is 12.9 Å². The van der Waals surface area contributed by atoms with Crippen LogP contribution in [0.1, 0.15) is 13.8 Å². The zero-order chi connectivity index (χ0) is 17.4. The fourth-order valence-electron chi connectivity index (χ4n) is 3.20. The quantitative estimate of drug-likeness (QED) is 0.464. The minimum atomic E-state index is -2.61. The highest BCUT2D eigenvalue weighted by atomic mass is 19.3. The van der Waals surface area contributed by atoms with Gasteiger partial charge in [-0.15, -0.1) is 0 Å². The predicted molar refractivity (Wildman–Crippen MR) is 90.9 cm³/mol. The zero-order valence-corrected chi connectivity index (χ0v) is 13.3. The van der Waals surface area contributed by atoms with E-state index in [4.69, 9.17) is 0 Å². The first-order valence-electron chi connectivity index (χ1n) is 7.60. The van der Waals surface area contributed by atoms with Crippen molar-refractivity contribution in [1.29, 1.82) is 0 Å². The van der Waals surface area contributed by atoms with Crippen molar-refractivity contribution in [3.8, 4) is 0 Å². The molecule has 0 saturated carbocycles. The number of benzene rings is 3. The maximum atomic E-state index is 13.4. The molecule has 0 unspecified atom stereocenters. The summed E-state index contributed by atoms with van der Waals surface area (Å²) in [5.41, 5.74) is -0.104. The van der Waals surface area contributed by atoms with Gasteiger partial charge < -0.3 is 0 Å². The van der Waals surface area contributed by atoms with Crippen LogP contribution in [0.4, 0.5) is 17.6 Å². The lowest BCUT2D eigenvalue weighted by molar-refractivity contribution is 0.212. The molecule has 3 aromatic carbocycles. The second-order valence-corrected chi connectivity index (χ2v) is 5.81. The fraction of sp³-hybridized carbons (Fsp3) is 0.200. The van der Waals surface area contributed by atoms with Gasteiger partial charge in [0.2, 0.25) is 0 Å². The minimum Gasteiger partial charge on any atom is -0.205 e. The van der Waals surface area contributed by atoms with Gasteiger partial charge in [-0.2, -0.15) is 0 Å². The molecule has 0 aliphatic heterocycles. The van der Waals surface area contributed by atoms with Gasteiger partial charge in [-0.1, -0.05) is 48.5 Å². The third-order valence-corrected chi connectivity index (χ3v) is 4.37. The standard InChI is InChI=1S/C20H16F4/c1-11(19(21)22)17-13-7-3-5-9-15(13)18(12(2)20(23)24)16-10-6-4-8-14(16)17/h3-10,19-20H,1-2H3. The van der Waals surface area contributed by atoms with Crippen LogP contribution in [0.5, 0.6) is 0 Å². The molecule has 4 heteroatoms. The Bertz CT molecular complexity index is 886. The molecule has 0 saturated heterocycles. The maximum Gasteiger partial charge on any atom is 0.260 e. The van der Waals surface area contributed by atoms with Crippen LogP contribution in [0.15, 0.2) is 48.5 Å². The van der Waals surface area contributed by atoms with E-state index in [0.717, 1.165) is 0 Å². The fourth-order valence-corrected chi connectivity index (χ4v) is 3.20. The second kappa shape index (κ2) is 6.27. The largest absolute Gasteiger partial charge is 0.260 e. The summed E-state index contributed by atoms with van der Waals surface area (Å²) in [7, 11) is 0. The number of halogens is 4. The lowest BCUT2D eigenvalue weighted by atomic mass is 9.93. The Morgan fingerprint density at radius 3 is 1.04 bits per heavy atom. The van der Waals surface area contributed by atoms with E-state index in [2.05, 4.69) is 0 Å². The van der Waals surface area contributed by atoms with E-state index in [0.29, 0.717) is 32.0 Å². The summed E-state index contributed by atoms with van der Waals surface area (Å²) in [5.74, 6) is 0. The molecule has 0 atom stereocenters. The minimum absolute atomic E-state index is 0.0522. The Balaban J connectivity index is 2.79. The molecule has 3 aromatic rings. The van der Waals surface area contributed by atoms with Gasteiger partial charge in [0.15, 0.2) is 0 Å². The van der Waals surface area contributed by atoms with Crippen LogP contribution in [-0.2, 0) is 0 Å². The number of rotatable bonds is 2. The summed E-state index contributed by atoms with van der Waals surface area (Å²) in [6.07, 6.45) is -5.22. The first kappa shape index (κ1) is 16.5. The molecule has 3 rings (SSSR count). The molecule has 0 nitrogen and oxygen atoms in total. The Morgan fingerprint density at radius 1 is 0.583 bits per heavy atom. The Hall–Kier alpha value is -2.36. The topological polar surface area (TPSA) is 0 Å². The van der Waals surface area contributed by atoms with Gasteiger partial charge in [0.05, 0.1) is 0 Å². The third-order valence-electron chi connectivity index (χ3n) is 4.37. The van der Waals surface area contributed by atoms with Crippen LogP contribution in [0, 0.1) is 0 Å². The molecule has 0 aromatic heterocycles. The number of hydrogen-bond acceptors (Lipinski definition) is 0. The van der Waals surface area contributed by atoms with Crippen LogP contribution in [-0.4, -0.2) is 12.9 Å². The van der Waals surface area contributed by atoms with E-state index in [-0.39, 0.29) is 11.1 Å². The van der Waals surface area contributed by atoms with Crippen LogP contribution in [0.2, 0.25) is 0 Å². The lowest BCUT2D eigenvalue weighted by Gasteiger charge is -2.12. The van der Waals surface area contributed by atoms with Crippen LogP contribution in [0.3, 0.4) is 0 Å². The highest BCUT2D eigenvalue weighted by Crippen LogP contribution is 2.19. The van der Waals surface area contributed by atoms with Gasteiger partial charge in [-0.25, -0.2) is 17.6 Å². The first-order chi connectivity index (χ1) is 11.4.